The molecule has 2 saturated heterocycles. The zero-order valence-electron chi connectivity index (χ0n) is 20.1. The van der Waals surface area contributed by atoms with E-state index >= 15 is 0 Å². The van der Waals surface area contributed by atoms with Gasteiger partial charge in [-0.2, -0.15) is 0 Å². The van der Waals surface area contributed by atoms with Crippen LogP contribution >= 0.6 is 0 Å². The Kier molecular flexibility index (Phi) is 6.40. The van der Waals surface area contributed by atoms with Crippen molar-refractivity contribution in [2.45, 2.75) is 46.0 Å². The molecule has 0 atom stereocenters. The molecule has 0 unspecified atom stereocenters. The zero-order chi connectivity index (χ0) is 23.7. The molecule has 0 spiro atoms. The molecule has 34 heavy (non-hydrogen) atoms. The van der Waals surface area contributed by atoms with Gasteiger partial charge in [0.1, 0.15) is 5.52 Å². The molecule has 0 N–H and O–H groups in total. The third-order valence-corrected chi connectivity index (χ3v) is 7.43. The van der Waals surface area contributed by atoms with Crippen molar-refractivity contribution >= 4 is 22.9 Å². The fraction of sp³-hybridized carbons (Fsp3) is 0.464. The Labute approximate surface area is 200 Å². The Hall–Kier alpha value is -3.15. The molecule has 2 aliphatic rings. The standard InChI is InChI=1S/C28H33N3O3/c1-19-3-5-22(6-4-19)27-29-24-18-23(7-8-25(24)34-27)28(33)31-15-11-21(12-16-31)17-26(32)30-13-9-20(2)10-14-30/h3-8,18,20-21H,9-17H2,1-2H3. The van der Waals surface area contributed by atoms with Crippen LogP contribution in [0, 0.1) is 18.8 Å². The zero-order valence-corrected chi connectivity index (χ0v) is 20.1. The van der Waals surface area contributed by atoms with Crippen molar-refractivity contribution in [1.82, 2.24) is 14.8 Å². The van der Waals surface area contributed by atoms with E-state index < -0.39 is 0 Å². The Morgan fingerprint density at radius 1 is 0.941 bits per heavy atom. The SMILES string of the molecule is Cc1ccc(-c2nc3cc(C(=O)N4CCC(CC(=O)N5CCC(C)CC5)CC4)ccc3o2)cc1. The number of aryl methyl sites for hydroxylation is 1. The summed E-state index contributed by atoms with van der Waals surface area (Å²) in [5.41, 5.74) is 4.11. The highest BCUT2D eigenvalue weighted by Crippen LogP contribution is 2.27. The third-order valence-electron chi connectivity index (χ3n) is 7.43. The van der Waals surface area contributed by atoms with Crippen LogP contribution in [0.5, 0.6) is 0 Å². The van der Waals surface area contributed by atoms with Crippen LogP contribution in [0.1, 0.15) is 54.9 Å². The number of oxazole rings is 1. The molecule has 2 fully saturated rings. The molecule has 2 aliphatic heterocycles. The molecule has 6 nitrogen and oxygen atoms in total. The average Bonchev–Trinajstić information content (AvgIpc) is 3.28. The van der Waals surface area contributed by atoms with Gasteiger partial charge in [0, 0.05) is 43.7 Å². The molecule has 3 heterocycles. The second-order valence-electron chi connectivity index (χ2n) is 10.1. The van der Waals surface area contributed by atoms with Gasteiger partial charge < -0.3 is 14.2 Å². The first kappa shape index (κ1) is 22.6. The van der Waals surface area contributed by atoms with Crippen molar-refractivity contribution in [1.29, 1.82) is 0 Å². The summed E-state index contributed by atoms with van der Waals surface area (Å²) in [5, 5.41) is 0. The average molecular weight is 460 g/mol. The Bertz CT molecular complexity index is 1170. The maximum Gasteiger partial charge on any atom is 0.253 e. The second-order valence-corrected chi connectivity index (χ2v) is 10.1. The fourth-order valence-electron chi connectivity index (χ4n) is 5.04. The van der Waals surface area contributed by atoms with E-state index in [9.17, 15) is 9.59 Å². The first-order chi connectivity index (χ1) is 16.5. The van der Waals surface area contributed by atoms with Crippen LogP contribution in [0.2, 0.25) is 0 Å². The second kappa shape index (κ2) is 9.61. The Morgan fingerprint density at radius 2 is 1.62 bits per heavy atom. The summed E-state index contributed by atoms with van der Waals surface area (Å²) in [6.07, 6.45) is 4.60. The lowest BCUT2D eigenvalue weighted by Crippen LogP contribution is -2.42. The van der Waals surface area contributed by atoms with Crippen LogP contribution in [0.3, 0.4) is 0 Å². The first-order valence-corrected chi connectivity index (χ1v) is 12.5. The van der Waals surface area contributed by atoms with Crippen molar-refractivity contribution in [3.05, 3.63) is 53.6 Å². The van der Waals surface area contributed by atoms with Gasteiger partial charge in [0.15, 0.2) is 5.58 Å². The molecular weight excluding hydrogens is 426 g/mol. The lowest BCUT2D eigenvalue weighted by atomic mass is 9.91. The van der Waals surface area contributed by atoms with E-state index in [-0.39, 0.29) is 11.8 Å². The quantitative estimate of drug-likeness (QED) is 0.531. The van der Waals surface area contributed by atoms with Gasteiger partial charge in [0.25, 0.3) is 5.91 Å². The van der Waals surface area contributed by atoms with Crippen molar-refractivity contribution in [3.8, 4) is 11.5 Å². The van der Waals surface area contributed by atoms with Crippen LogP contribution in [-0.4, -0.2) is 52.8 Å². The number of amides is 2. The van der Waals surface area contributed by atoms with E-state index in [2.05, 4.69) is 11.9 Å². The number of piperidine rings is 2. The molecule has 0 saturated carbocycles. The first-order valence-electron chi connectivity index (χ1n) is 12.5. The number of benzene rings is 2. The maximum absolute atomic E-state index is 13.2. The van der Waals surface area contributed by atoms with Gasteiger partial charge >= 0.3 is 0 Å². The minimum Gasteiger partial charge on any atom is -0.436 e. The van der Waals surface area contributed by atoms with Crippen LogP contribution in [0.25, 0.3) is 22.6 Å². The summed E-state index contributed by atoms with van der Waals surface area (Å²) in [5.74, 6) is 1.97. The van der Waals surface area contributed by atoms with Gasteiger partial charge in [-0.05, 0) is 74.8 Å². The normalized spacial score (nSPS) is 17.9. The molecule has 0 bridgehead atoms. The summed E-state index contributed by atoms with van der Waals surface area (Å²) in [7, 11) is 0. The molecule has 2 aromatic carbocycles. The minimum atomic E-state index is 0.0246. The Morgan fingerprint density at radius 3 is 2.32 bits per heavy atom. The number of aromatic nitrogens is 1. The summed E-state index contributed by atoms with van der Waals surface area (Å²) in [6.45, 7) is 7.49. The molecule has 5 rings (SSSR count). The summed E-state index contributed by atoms with van der Waals surface area (Å²) in [4.78, 5) is 34.4. The van der Waals surface area contributed by atoms with Crippen molar-refractivity contribution < 1.29 is 14.0 Å². The van der Waals surface area contributed by atoms with Gasteiger partial charge in [-0.3, -0.25) is 9.59 Å². The highest BCUT2D eigenvalue weighted by atomic mass is 16.3. The van der Waals surface area contributed by atoms with E-state index in [1.165, 1.54) is 5.56 Å². The summed E-state index contributed by atoms with van der Waals surface area (Å²) in [6, 6.07) is 13.5. The molecule has 1 aromatic heterocycles. The summed E-state index contributed by atoms with van der Waals surface area (Å²) >= 11 is 0. The van der Waals surface area contributed by atoms with Gasteiger partial charge in [0.05, 0.1) is 0 Å². The number of fused-ring (bicyclic) bond motifs is 1. The predicted molar refractivity (Wildman–Crippen MR) is 132 cm³/mol. The van der Waals surface area contributed by atoms with Crippen LogP contribution in [0.15, 0.2) is 46.9 Å². The van der Waals surface area contributed by atoms with Gasteiger partial charge in [-0.15, -0.1) is 0 Å². The van der Waals surface area contributed by atoms with E-state index in [1.807, 2.05) is 59.2 Å². The number of hydrogen-bond donors (Lipinski definition) is 0. The van der Waals surface area contributed by atoms with Gasteiger partial charge in [-0.25, -0.2) is 4.98 Å². The largest absolute Gasteiger partial charge is 0.436 e. The number of carbonyl (C=O) groups is 2. The Balaban J connectivity index is 1.19. The number of rotatable bonds is 4. The van der Waals surface area contributed by atoms with Crippen LogP contribution in [0.4, 0.5) is 0 Å². The monoisotopic (exact) mass is 459 g/mol. The van der Waals surface area contributed by atoms with E-state index in [0.717, 1.165) is 50.3 Å². The smallest absolute Gasteiger partial charge is 0.253 e. The molecule has 3 aromatic rings. The number of nitrogens with zero attached hydrogens (tertiary/aromatic N) is 3. The van der Waals surface area contributed by atoms with E-state index in [1.54, 1.807) is 0 Å². The molecule has 6 heteroatoms. The third kappa shape index (κ3) is 4.86. The molecule has 178 valence electrons. The van der Waals surface area contributed by atoms with Gasteiger partial charge in [0.2, 0.25) is 11.8 Å². The molecule has 0 radical (unpaired) electrons. The van der Waals surface area contributed by atoms with Crippen LogP contribution in [-0.2, 0) is 4.79 Å². The topological polar surface area (TPSA) is 66.7 Å². The highest BCUT2D eigenvalue weighted by Gasteiger charge is 2.28. The fourth-order valence-corrected chi connectivity index (χ4v) is 5.04. The van der Waals surface area contributed by atoms with Crippen LogP contribution < -0.4 is 0 Å². The lowest BCUT2D eigenvalue weighted by molar-refractivity contribution is -0.133. The lowest BCUT2D eigenvalue weighted by Gasteiger charge is -2.34. The molecule has 2 amide bonds. The van der Waals surface area contributed by atoms with Crippen molar-refractivity contribution in [2.24, 2.45) is 11.8 Å². The van der Waals surface area contributed by atoms with Crippen molar-refractivity contribution in [3.63, 3.8) is 0 Å². The highest BCUT2D eigenvalue weighted by molar-refractivity contribution is 5.97. The number of likely N-dealkylation sites (tertiary alicyclic amines) is 2. The molecular formula is C28H33N3O3. The van der Waals surface area contributed by atoms with Gasteiger partial charge in [-0.1, -0.05) is 24.6 Å². The number of carbonyl (C=O) groups excluding carboxylic acids is 2. The summed E-state index contributed by atoms with van der Waals surface area (Å²) < 4.78 is 5.91. The van der Waals surface area contributed by atoms with E-state index in [4.69, 9.17) is 4.42 Å². The molecule has 0 aliphatic carbocycles. The number of hydrogen-bond acceptors (Lipinski definition) is 4. The van der Waals surface area contributed by atoms with E-state index in [0.29, 0.717) is 48.0 Å². The minimum absolute atomic E-state index is 0.0246. The predicted octanol–water partition coefficient (Wildman–Crippen LogP) is 5.30. The maximum atomic E-state index is 13.2. The van der Waals surface area contributed by atoms with Crippen molar-refractivity contribution in [2.75, 3.05) is 26.2 Å².